The molecule has 12 heavy (non-hydrogen) atoms. The number of aromatic nitrogens is 1. The summed E-state index contributed by atoms with van der Waals surface area (Å²) in [5.74, 6) is 1.10. The van der Waals surface area contributed by atoms with Gasteiger partial charge in [0.1, 0.15) is 5.82 Å². The lowest BCUT2D eigenvalue weighted by molar-refractivity contribution is 0.899. The molecule has 0 saturated carbocycles. The summed E-state index contributed by atoms with van der Waals surface area (Å²) in [6.45, 7) is 2.19. The van der Waals surface area contributed by atoms with E-state index in [0.29, 0.717) is 0 Å². The van der Waals surface area contributed by atoms with Crippen molar-refractivity contribution in [1.82, 2.24) is 4.98 Å². The summed E-state index contributed by atoms with van der Waals surface area (Å²) < 4.78 is 0. The zero-order valence-corrected chi connectivity index (χ0v) is 8.04. The topological polar surface area (TPSA) is 16.1 Å². The lowest BCUT2D eigenvalue weighted by atomic mass is 10.1. The Morgan fingerprint density at radius 3 is 2.75 bits per heavy atom. The molecule has 1 aromatic rings. The number of hydrogen-bond acceptors (Lipinski definition) is 2. The second kappa shape index (κ2) is 4.10. The van der Waals surface area contributed by atoms with Crippen LogP contribution in [0.3, 0.4) is 0 Å². The Labute approximate surface area is 74.2 Å². The summed E-state index contributed by atoms with van der Waals surface area (Å²) in [7, 11) is 4.06. The van der Waals surface area contributed by atoms with Gasteiger partial charge in [-0.1, -0.05) is 19.4 Å². The van der Waals surface area contributed by atoms with Crippen molar-refractivity contribution in [1.29, 1.82) is 0 Å². The van der Waals surface area contributed by atoms with E-state index in [2.05, 4.69) is 22.9 Å². The van der Waals surface area contributed by atoms with Crippen molar-refractivity contribution in [3.8, 4) is 0 Å². The molecule has 0 radical (unpaired) electrons. The Morgan fingerprint density at radius 2 is 2.17 bits per heavy atom. The standard InChI is InChI=1S/C10H16N2/c1-4-6-9-7-5-8-11-10(9)12(2)3/h5,7-8H,4,6H2,1-3H3. The van der Waals surface area contributed by atoms with Crippen LogP contribution in [-0.4, -0.2) is 19.1 Å². The predicted molar refractivity (Wildman–Crippen MR) is 52.6 cm³/mol. The number of rotatable bonds is 3. The molecule has 0 aliphatic carbocycles. The van der Waals surface area contributed by atoms with Crippen LogP contribution >= 0.6 is 0 Å². The van der Waals surface area contributed by atoms with E-state index in [0.717, 1.165) is 12.2 Å². The normalized spacial score (nSPS) is 9.92. The molecule has 1 aromatic heterocycles. The maximum Gasteiger partial charge on any atom is 0.131 e. The van der Waals surface area contributed by atoms with Crippen LogP contribution < -0.4 is 4.90 Å². The molecular weight excluding hydrogens is 148 g/mol. The molecule has 0 spiro atoms. The van der Waals surface area contributed by atoms with E-state index in [4.69, 9.17) is 0 Å². The predicted octanol–water partition coefficient (Wildman–Crippen LogP) is 2.10. The third-order valence-electron chi connectivity index (χ3n) is 1.81. The Kier molecular flexibility index (Phi) is 3.09. The Balaban J connectivity index is 2.92. The van der Waals surface area contributed by atoms with E-state index < -0.39 is 0 Å². The Hall–Kier alpha value is -1.05. The molecular formula is C10H16N2. The molecule has 0 aliphatic heterocycles. The van der Waals surface area contributed by atoms with Crippen molar-refractivity contribution >= 4 is 5.82 Å². The number of pyridine rings is 1. The molecule has 2 heteroatoms. The summed E-state index contributed by atoms with van der Waals surface area (Å²) in [6, 6.07) is 4.14. The Bertz CT molecular complexity index is 243. The van der Waals surface area contributed by atoms with Gasteiger partial charge in [0.25, 0.3) is 0 Å². The molecule has 0 amide bonds. The molecule has 66 valence electrons. The first-order chi connectivity index (χ1) is 5.75. The van der Waals surface area contributed by atoms with Crippen LogP contribution in [0.5, 0.6) is 0 Å². The van der Waals surface area contributed by atoms with Crippen molar-refractivity contribution in [2.24, 2.45) is 0 Å². The summed E-state index contributed by atoms with van der Waals surface area (Å²) in [6.07, 6.45) is 4.13. The van der Waals surface area contributed by atoms with E-state index >= 15 is 0 Å². The molecule has 0 atom stereocenters. The van der Waals surface area contributed by atoms with E-state index in [1.165, 1.54) is 12.0 Å². The second-order valence-electron chi connectivity index (χ2n) is 3.13. The van der Waals surface area contributed by atoms with Crippen molar-refractivity contribution in [2.75, 3.05) is 19.0 Å². The molecule has 0 N–H and O–H groups in total. The highest BCUT2D eigenvalue weighted by molar-refractivity contribution is 5.45. The monoisotopic (exact) mass is 164 g/mol. The minimum Gasteiger partial charge on any atom is -0.363 e. The number of anilines is 1. The van der Waals surface area contributed by atoms with Gasteiger partial charge in [-0.3, -0.25) is 0 Å². The molecule has 0 saturated heterocycles. The van der Waals surface area contributed by atoms with Crippen LogP contribution in [0.2, 0.25) is 0 Å². The fourth-order valence-corrected chi connectivity index (χ4v) is 1.30. The zero-order valence-electron chi connectivity index (χ0n) is 8.04. The lowest BCUT2D eigenvalue weighted by Gasteiger charge is -2.14. The summed E-state index contributed by atoms with van der Waals surface area (Å²) in [5.41, 5.74) is 1.34. The van der Waals surface area contributed by atoms with Crippen LogP contribution in [-0.2, 0) is 6.42 Å². The van der Waals surface area contributed by atoms with Gasteiger partial charge in [0.15, 0.2) is 0 Å². The van der Waals surface area contributed by atoms with Gasteiger partial charge in [-0.05, 0) is 18.1 Å². The van der Waals surface area contributed by atoms with Crippen LogP contribution in [0.25, 0.3) is 0 Å². The fraction of sp³-hybridized carbons (Fsp3) is 0.500. The van der Waals surface area contributed by atoms with Gasteiger partial charge in [-0.25, -0.2) is 4.98 Å². The van der Waals surface area contributed by atoms with Crippen LogP contribution in [0.15, 0.2) is 18.3 Å². The average molecular weight is 164 g/mol. The second-order valence-corrected chi connectivity index (χ2v) is 3.13. The summed E-state index contributed by atoms with van der Waals surface area (Å²) in [4.78, 5) is 6.38. The number of hydrogen-bond donors (Lipinski definition) is 0. The molecule has 0 fully saturated rings. The average Bonchev–Trinajstić information content (AvgIpc) is 2.05. The van der Waals surface area contributed by atoms with Gasteiger partial charge in [0.05, 0.1) is 0 Å². The van der Waals surface area contributed by atoms with Crippen molar-refractivity contribution in [3.05, 3.63) is 23.9 Å². The van der Waals surface area contributed by atoms with Crippen LogP contribution in [0, 0.1) is 0 Å². The number of aryl methyl sites for hydroxylation is 1. The first-order valence-electron chi connectivity index (χ1n) is 4.37. The lowest BCUT2D eigenvalue weighted by Crippen LogP contribution is -2.12. The van der Waals surface area contributed by atoms with E-state index in [9.17, 15) is 0 Å². The van der Waals surface area contributed by atoms with Crippen LogP contribution in [0.1, 0.15) is 18.9 Å². The van der Waals surface area contributed by atoms with Crippen molar-refractivity contribution < 1.29 is 0 Å². The molecule has 1 heterocycles. The SMILES string of the molecule is CCCc1cccnc1N(C)C. The smallest absolute Gasteiger partial charge is 0.131 e. The van der Waals surface area contributed by atoms with Gasteiger partial charge in [0.2, 0.25) is 0 Å². The van der Waals surface area contributed by atoms with Crippen molar-refractivity contribution in [2.45, 2.75) is 19.8 Å². The summed E-state index contributed by atoms with van der Waals surface area (Å²) in [5, 5.41) is 0. The van der Waals surface area contributed by atoms with E-state index in [1.807, 2.05) is 26.4 Å². The minimum absolute atomic E-state index is 1.10. The van der Waals surface area contributed by atoms with Gasteiger partial charge < -0.3 is 4.90 Å². The molecule has 2 nitrogen and oxygen atoms in total. The van der Waals surface area contributed by atoms with E-state index in [-0.39, 0.29) is 0 Å². The minimum atomic E-state index is 1.10. The highest BCUT2D eigenvalue weighted by Crippen LogP contribution is 2.15. The van der Waals surface area contributed by atoms with Gasteiger partial charge in [-0.15, -0.1) is 0 Å². The third kappa shape index (κ3) is 1.97. The quantitative estimate of drug-likeness (QED) is 0.680. The largest absolute Gasteiger partial charge is 0.363 e. The first-order valence-corrected chi connectivity index (χ1v) is 4.37. The molecule has 0 aliphatic rings. The van der Waals surface area contributed by atoms with Gasteiger partial charge in [0, 0.05) is 20.3 Å². The van der Waals surface area contributed by atoms with Crippen molar-refractivity contribution in [3.63, 3.8) is 0 Å². The maximum absolute atomic E-state index is 4.32. The maximum atomic E-state index is 4.32. The Morgan fingerprint density at radius 1 is 1.42 bits per heavy atom. The third-order valence-corrected chi connectivity index (χ3v) is 1.81. The van der Waals surface area contributed by atoms with Gasteiger partial charge >= 0.3 is 0 Å². The summed E-state index contributed by atoms with van der Waals surface area (Å²) >= 11 is 0. The van der Waals surface area contributed by atoms with Crippen LogP contribution in [0.4, 0.5) is 5.82 Å². The zero-order chi connectivity index (χ0) is 8.97. The van der Waals surface area contributed by atoms with E-state index in [1.54, 1.807) is 0 Å². The molecule has 0 unspecified atom stereocenters. The highest BCUT2D eigenvalue weighted by Gasteiger charge is 2.02. The molecule has 0 bridgehead atoms. The highest BCUT2D eigenvalue weighted by atomic mass is 15.1. The fourth-order valence-electron chi connectivity index (χ4n) is 1.30. The molecule has 0 aromatic carbocycles. The first kappa shape index (κ1) is 9.04. The van der Waals surface area contributed by atoms with Gasteiger partial charge in [-0.2, -0.15) is 0 Å². The number of nitrogens with zero attached hydrogens (tertiary/aromatic N) is 2. The molecule has 1 rings (SSSR count).